The van der Waals surface area contributed by atoms with Crippen LogP contribution in [-0.4, -0.2) is 6.04 Å². The smallest absolute Gasteiger partial charge is 0.120 e. The third-order valence-corrected chi connectivity index (χ3v) is 2.55. The van der Waals surface area contributed by atoms with Gasteiger partial charge in [0.1, 0.15) is 5.76 Å². The standard InChI is InChI=1S/C13H21NO/c1-4-5-6-8-11(2)14-12(3)13-9-7-10-15-13/h4,7,9-12,14H,1,5-6,8H2,2-3H3. The average Bonchev–Trinajstić information content (AvgIpc) is 2.70. The molecule has 0 fully saturated rings. The van der Waals surface area contributed by atoms with Gasteiger partial charge in [-0.3, -0.25) is 0 Å². The van der Waals surface area contributed by atoms with E-state index in [9.17, 15) is 0 Å². The van der Waals surface area contributed by atoms with E-state index in [-0.39, 0.29) is 0 Å². The van der Waals surface area contributed by atoms with Gasteiger partial charge in [0.2, 0.25) is 0 Å². The van der Waals surface area contributed by atoms with E-state index in [1.54, 1.807) is 6.26 Å². The van der Waals surface area contributed by atoms with Crippen molar-refractivity contribution in [3.05, 3.63) is 36.8 Å². The molecule has 2 nitrogen and oxygen atoms in total. The van der Waals surface area contributed by atoms with E-state index >= 15 is 0 Å². The lowest BCUT2D eigenvalue weighted by Gasteiger charge is -2.18. The topological polar surface area (TPSA) is 25.2 Å². The first-order valence-corrected chi connectivity index (χ1v) is 5.64. The number of hydrogen-bond donors (Lipinski definition) is 1. The van der Waals surface area contributed by atoms with Gasteiger partial charge in [-0.25, -0.2) is 0 Å². The van der Waals surface area contributed by atoms with Gasteiger partial charge in [-0.05, 0) is 45.2 Å². The normalized spacial score (nSPS) is 14.8. The molecule has 0 aliphatic carbocycles. The summed E-state index contributed by atoms with van der Waals surface area (Å²) in [6.45, 7) is 8.06. The molecule has 0 aliphatic rings. The van der Waals surface area contributed by atoms with Crippen LogP contribution in [0, 0.1) is 0 Å². The van der Waals surface area contributed by atoms with Crippen molar-refractivity contribution in [2.45, 2.75) is 45.2 Å². The molecule has 1 heterocycles. The maximum atomic E-state index is 5.34. The third kappa shape index (κ3) is 4.34. The SMILES string of the molecule is C=CCCCC(C)NC(C)c1ccco1. The quantitative estimate of drug-likeness (QED) is 0.545. The molecule has 1 N–H and O–H groups in total. The van der Waals surface area contributed by atoms with E-state index in [0.29, 0.717) is 12.1 Å². The van der Waals surface area contributed by atoms with E-state index in [1.807, 2.05) is 18.2 Å². The van der Waals surface area contributed by atoms with Crippen LogP contribution >= 0.6 is 0 Å². The molecule has 1 aromatic rings. The van der Waals surface area contributed by atoms with E-state index in [1.165, 1.54) is 12.8 Å². The van der Waals surface area contributed by atoms with Crippen molar-refractivity contribution in [3.8, 4) is 0 Å². The second-order valence-corrected chi connectivity index (χ2v) is 4.02. The Balaban J connectivity index is 2.25. The molecule has 0 spiro atoms. The Morgan fingerprint density at radius 3 is 2.93 bits per heavy atom. The third-order valence-electron chi connectivity index (χ3n) is 2.55. The van der Waals surface area contributed by atoms with Gasteiger partial charge < -0.3 is 9.73 Å². The molecular weight excluding hydrogens is 186 g/mol. The minimum atomic E-state index is 0.290. The predicted molar refractivity (Wildman–Crippen MR) is 63.8 cm³/mol. The summed E-state index contributed by atoms with van der Waals surface area (Å²) in [6.07, 6.45) is 7.17. The van der Waals surface area contributed by atoms with Crippen molar-refractivity contribution in [2.75, 3.05) is 0 Å². The van der Waals surface area contributed by atoms with Crippen LogP contribution < -0.4 is 5.32 Å². The second-order valence-electron chi connectivity index (χ2n) is 4.02. The van der Waals surface area contributed by atoms with Gasteiger partial charge in [0.15, 0.2) is 0 Å². The monoisotopic (exact) mass is 207 g/mol. The molecule has 0 saturated carbocycles. The Kier molecular flexibility index (Phi) is 5.19. The van der Waals surface area contributed by atoms with Gasteiger partial charge in [-0.1, -0.05) is 6.08 Å². The second kappa shape index (κ2) is 6.46. The Bertz CT molecular complexity index is 266. The summed E-state index contributed by atoms with van der Waals surface area (Å²) >= 11 is 0. The summed E-state index contributed by atoms with van der Waals surface area (Å²) in [5.41, 5.74) is 0. The molecule has 0 radical (unpaired) electrons. The lowest BCUT2D eigenvalue weighted by Crippen LogP contribution is -2.28. The number of allylic oxidation sites excluding steroid dienone is 1. The Hall–Kier alpha value is -1.02. The first-order chi connectivity index (χ1) is 7.24. The van der Waals surface area contributed by atoms with E-state index in [0.717, 1.165) is 12.2 Å². The molecule has 84 valence electrons. The first kappa shape index (κ1) is 12.1. The molecule has 0 aliphatic heterocycles. The van der Waals surface area contributed by atoms with Crippen molar-refractivity contribution in [1.29, 1.82) is 0 Å². The zero-order valence-corrected chi connectivity index (χ0v) is 9.70. The molecule has 0 amide bonds. The minimum Gasteiger partial charge on any atom is -0.468 e. The van der Waals surface area contributed by atoms with Crippen molar-refractivity contribution in [1.82, 2.24) is 5.32 Å². The van der Waals surface area contributed by atoms with E-state index in [4.69, 9.17) is 4.42 Å². The summed E-state index contributed by atoms with van der Waals surface area (Å²) in [6, 6.07) is 4.74. The van der Waals surface area contributed by atoms with E-state index in [2.05, 4.69) is 25.7 Å². The molecule has 1 rings (SSSR count). The fraction of sp³-hybridized carbons (Fsp3) is 0.538. The zero-order chi connectivity index (χ0) is 11.1. The van der Waals surface area contributed by atoms with Crippen molar-refractivity contribution >= 4 is 0 Å². The van der Waals surface area contributed by atoms with Crippen molar-refractivity contribution in [3.63, 3.8) is 0 Å². The highest BCUT2D eigenvalue weighted by Crippen LogP contribution is 2.14. The van der Waals surface area contributed by atoms with Crippen LogP contribution in [0.3, 0.4) is 0 Å². The Morgan fingerprint density at radius 1 is 1.53 bits per heavy atom. The number of unbranched alkanes of at least 4 members (excludes halogenated alkanes) is 1. The molecule has 1 aromatic heterocycles. The molecule has 2 heteroatoms. The number of rotatable bonds is 7. The summed E-state index contributed by atoms with van der Waals surface area (Å²) in [5.74, 6) is 1.01. The van der Waals surface area contributed by atoms with Gasteiger partial charge in [-0.15, -0.1) is 6.58 Å². The summed E-state index contributed by atoms with van der Waals surface area (Å²) < 4.78 is 5.34. The van der Waals surface area contributed by atoms with Gasteiger partial charge in [0.25, 0.3) is 0 Å². The fourth-order valence-electron chi connectivity index (χ4n) is 1.70. The van der Waals surface area contributed by atoms with Gasteiger partial charge in [0, 0.05) is 6.04 Å². The maximum absolute atomic E-state index is 5.34. The summed E-state index contributed by atoms with van der Waals surface area (Å²) in [7, 11) is 0. The van der Waals surface area contributed by atoms with Crippen LogP contribution in [-0.2, 0) is 0 Å². The highest BCUT2D eigenvalue weighted by molar-refractivity contribution is 5.03. The lowest BCUT2D eigenvalue weighted by molar-refractivity contribution is 0.385. The highest BCUT2D eigenvalue weighted by atomic mass is 16.3. The lowest BCUT2D eigenvalue weighted by atomic mass is 10.1. The fourth-order valence-corrected chi connectivity index (χ4v) is 1.70. The van der Waals surface area contributed by atoms with Crippen LogP contribution in [0.4, 0.5) is 0 Å². The van der Waals surface area contributed by atoms with Crippen LogP contribution in [0.1, 0.15) is 44.9 Å². The van der Waals surface area contributed by atoms with Crippen LogP contribution in [0.5, 0.6) is 0 Å². The van der Waals surface area contributed by atoms with Crippen molar-refractivity contribution in [2.24, 2.45) is 0 Å². The maximum Gasteiger partial charge on any atom is 0.120 e. The largest absolute Gasteiger partial charge is 0.468 e. The number of furan rings is 1. The molecule has 0 bridgehead atoms. The minimum absolute atomic E-state index is 0.290. The summed E-state index contributed by atoms with van der Waals surface area (Å²) in [5, 5.41) is 3.51. The van der Waals surface area contributed by atoms with Crippen LogP contribution in [0.15, 0.2) is 35.5 Å². The number of nitrogens with one attached hydrogen (secondary N) is 1. The van der Waals surface area contributed by atoms with Crippen molar-refractivity contribution < 1.29 is 4.42 Å². The van der Waals surface area contributed by atoms with Crippen LogP contribution in [0.2, 0.25) is 0 Å². The molecule has 0 aromatic carbocycles. The van der Waals surface area contributed by atoms with E-state index < -0.39 is 0 Å². The average molecular weight is 207 g/mol. The molecular formula is C13H21NO. The first-order valence-electron chi connectivity index (χ1n) is 5.64. The Morgan fingerprint density at radius 2 is 2.33 bits per heavy atom. The predicted octanol–water partition coefficient (Wildman–Crippen LogP) is 3.68. The zero-order valence-electron chi connectivity index (χ0n) is 9.70. The summed E-state index contributed by atoms with van der Waals surface area (Å²) in [4.78, 5) is 0. The van der Waals surface area contributed by atoms with Crippen LogP contribution in [0.25, 0.3) is 0 Å². The van der Waals surface area contributed by atoms with Gasteiger partial charge in [-0.2, -0.15) is 0 Å². The number of hydrogen-bond acceptors (Lipinski definition) is 2. The molecule has 15 heavy (non-hydrogen) atoms. The molecule has 0 saturated heterocycles. The molecule has 2 atom stereocenters. The molecule has 2 unspecified atom stereocenters. The Labute approximate surface area is 92.4 Å². The van der Waals surface area contributed by atoms with Gasteiger partial charge in [0.05, 0.1) is 12.3 Å². The van der Waals surface area contributed by atoms with Gasteiger partial charge >= 0.3 is 0 Å². The highest BCUT2D eigenvalue weighted by Gasteiger charge is 2.10.